The molecule has 0 aromatic carbocycles. The molecule has 4 heterocycles. The lowest BCUT2D eigenvalue weighted by Crippen LogP contribution is -2.27. The summed E-state index contributed by atoms with van der Waals surface area (Å²) in [4.78, 5) is 4.71. The first-order valence-electron chi connectivity index (χ1n) is 11.7. The molecule has 1 fully saturated rings. The van der Waals surface area contributed by atoms with Crippen LogP contribution in [-0.4, -0.2) is 36.3 Å². The number of hydrogen-bond acceptors (Lipinski definition) is 4. The lowest BCUT2D eigenvalue weighted by molar-refractivity contribution is -0.142. The molecule has 0 atom stereocenters. The fourth-order valence-electron chi connectivity index (χ4n) is 5.07. The molecule has 5 rings (SSSR count). The SMILES string of the molecule is Cc1noc(C)c1-c1cnc2c(-c3cnn(CC(F)(F)F)c3)cn(CC3CCC(C)(F)CC3)c2c1. The smallest absolute Gasteiger partial charge is 0.361 e. The summed E-state index contributed by atoms with van der Waals surface area (Å²) in [6.45, 7) is 4.89. The number of halogens is 4. The van der Waals surface area contributed by atoms with E-state index < -0.39 is 18.4 Å². The normalized spacial score (nSPS) is 21.2. The van der Waals surface area contributed by atoms with Crippen LogP contribution in [0.3, 0.4) is 0 Å². The van der Waals surface area contributed by atoms with Gasteiger partial charge in [0, 0.05) is 47.4 Å². The van der Waals surface area contributed by atoms with Gasteiger partial charge in [-0.15, -0.1) is 0 Å². The van der Waals surface area contributed by atoms with Crippen molar-refractivity contribution in [2.75, 3.05) is 0 Å². The molecule has 6 nitrogen and oxygen atoms in total. The van der Waals surface area contributed by atoms with Crippen molar-refractivity contribution in [3.8, 4) is 22.3 Å². The molecule has 0 bridgehead atoms. The minimum absolute atomic E-state index is 0.304. The highest BCUT2D eigenvalue weighted by molar-refractivity contribution is 5.94. The first kappa shape index (κ1) is 23.6. The maximum atomic E-state index is 14.3. The molecule has 1 saturated carbocycles. The highest BCUT2D eigenvalue weighted by atomic mass is 19.4. The minimum Gasteiger partial charge on any atom is -0.361 e. The van der Waals surface area contributed by atoms with E-state index in [9.17, 15) is 17.6 Å². The van der Waals surface area contributed by atoms with E-state index in [1.54, 1.807) is 13.1 Å². The third-order valence-corrected chi connectivity index (χ3v) is 6.93. The molecule has 4 aromatic heterocycles. The number of hydrogen-bond donors (Lipinski definition) is 0. The molecule has 0 N–H and O–H groups in total. The van der Waals surface area contributed by atoms with E-state index >= 15 is 0 Å². The van der Waals surface area contributed by atoms with Crippen LogP contribution in [-0.2, 0) is 13.1 Å². The Labute approximate surface area is 199 Å². The average molecular weight is 490 g/mol. The first-order valence-corrected chi connectivity index (χ1v) is 11.7. The molecule has 35 heavy (non-hydrogen) atoms. The Morgan fingerprint density at radius 2 is 1.86 bits per heavy atom. The fourth-order valence-corrected chi connectivity index (χ4v) is 5.07. The molecule has 0 amide bonds. The Balaban J connectivity index is 1.56. The van der Waals surface area contributed by atoms with Crippen LogP contribution in [0, 0.1) is 19.8 Å². The van der Waals surface area contributed by atoms with Gasteiger partial charge in [0.2, 0.25) is 0 Å². The number of fused-ring (bicyclic) bond motifs is 1. The van der Waals surface area contributed by atoms with Gasteiger partial charge in [-0.1, -0.05) is 5.16 Å². The van der Waals surface area contributed by atoms with E-state index in [4.69, 9.17) is 9.51 Å². The molecule has 10 heteroatoms. The van der Waals surface area contributed by atoms with E-state index in [2.05, 4.69) is 14.8 Å². The molecule has 1 aliphatic rings. The summed E-state index contributed by atoms with van der Waals surface area (Å²) < 4.78 is 61.2. The standard InChI is InChI=1S/C25H27F4N5O/c1-15-22(16(2)35-32-15)18-8-21-23(30-9-18)20(19-10-31-34(12-19)14-25(27,28)29)13-33(21)11-17-4-6-24(3,26)7-5-17/h8-10,12-13,17H,4-7,11,14H2,1-3H3. The van der Waals surface area contributed by atoms with Crippen LogP contribution in [0.25, 0.3) is 33.3 Å². The second-order valence-corrected chi connectivity index (χ2v) is 9.88. The van der Waals surface area contributed by atoms with E-state index in [1.807, 2.05) is 26.1 Å². The van der Waals surface area contributed by atoms with Crippen molar-refractivity contribution in [2.24, 2.45) is 5.92 Å². The summed E-state index contributed by atoms with van der Waals surface area (Å²) in [7, 11) is 0. The van der Waals surface area contributed by atoms with Gasteiger partial charge >= 0.3 is 6.18 Å². The van der Waals surface area contributed by atoms with E-state index in [-0.39, 0.29) is 0 Å². The van der Waals surface area contributed by atoms with Crippen molar-refractivity contribution in [3.05, 3.63) is 42.3 Å². The largest absolute Gasteiger partial charge is 0.408 e. The molecule has 1 aliphatic carbocycles. The van der Waals surface area contributed by atoms with Gasteiger partial charge in [-0.2, -0.15) is 18.3 Å². The molecule has 0 radical (unpaired) electrons. The summed E-state index contributed by atoms with van der Waals surface area (Å²) in [6.07, 6.45) is 4.74. The van der Waals surface area contributed by atoms with Gasteiger partial charge in [-0.3, -0.25) is 9.67 Å². The Morgan fingerprint density at radius 1 is 1.11 bits per heavy atom. The Kier molecular flexibility index (Phi) is 5.72. The van der Waals surface area contributed by atoms with Gasteiger partial charge in [-0.25, -0.2) is 4.39 Å². The van der Waals surface area contributed by atoms with Crippen LogP contribution < -0.4 is 0 Å². The zero-order valence-corrected chi connectivity index (χ0v) is 19.9. The molecular weight excluding hydrogens is 462 g/mol. The first-order chi connectivity index (χ1) is 16.5. The summed E-state index contributed by atoms with van der Waals surface area (Å²) in [5, 5.41) is 7.94. The number of aromatic nitrogens is 5. The lowest BCUT2D eigenvalue weighted by Gasteiger charge is -2.31. The van der Waals surface area contributed by atoms with Crippen molar-refractivity contribution in [1.82, 2.24) is 24.5 Å². The zero-order chi connectivity index (χ0) is 25.0. The van der Waals surface area contributed by atoms with Crippen LogP contribution in [0.2, 0.25) is 0 Å². The van der Waals surface area contributed by atoms with E-state index in [0.717, 1.165) is 39.9 Å². The molecule has 0 aliphatic heterocycles. The van der Waals surface area contributed by atoms with Crippen molar-refractivity contribution < 1.29 is 22.1 Å². The van der Waals surface area contributed by atoms with Gasteiger partial charge in [0.05, 0.1) is 22.9 Å². The molecule has 0 unspecified atom stereocenters. The summed E-state index contributed by atoms with van der Waals surface area (Å²) in [6, 6.07) is 2.01. The van der Waals surface area contributed by atoms with Crippen molar-refractivity contribution >= 4 is 11.0 Å². The van der Waals surface area contributed by atoms with E-state index in [0.29, 0.717) is 47.7 Å². The molecule has 186 valence electrons. The van der Waals surface area contributed by atoms with Crippen molar-refractivity contribution in [2.45, 2.75) is 71.4 Å². The Bertz CT molecular complexity index is 1330. The second kappa shape index (κ2) is 8.49. The van der Waals surface area contributed by atoms with Crippen LogP contribution >= 0.6 is 0 Å². The number of aryl methyl sites for hydroxylation is 2. The molecule has 0 spiro atoms. The summed E-state index contributed by atoms with van der Waals surface area (Å²) in [5.41, 5.74) is 4.18. The van der Waals surface area contributed by atoms with Crippen molar-refractivity contribution in [3.63, 3.8) is 0 Å². The number of pyridine rings is 1. The van der Waals surface area contributed by atoms with Gasteiger partial charge in [0.15, 0.2) is 0 Å². The molecule has 0 saturated heterocycles. The predicted octanol–water partition coefficient (Wildman–Crippen LogP) is 6.65. The molecular formula is C25H27F4N5O. The predicted molar refractivity (Wildman–Crippen MR) is 123 cm³/mol. The summed E-state index contributed by atoms with van der Waals surface area (Å²) >= 11 is 0. The quantitative estimate of drug-likeness (QED) is 0.295. The van der Waals surface area contributed by atoms with Crippen LogP contribution in [0.4, 0.5) is 17.6 Å². The van der Waals surface area contributed by atoms with Gasteiger partial charge in [0.25, 0.3) is 0 Å². The monoisotopic (exact) mass is 489 g/mol. The van der Waals surface area contributed by atoms with Gasteiger partial charge < -0.3 is 9.09 Å². The third kappa shape index (κ3) is 4.83. The number of nitrogens with zero attached hydrogens (tertiary/aromatic N) is 5. The number of alkyl halides is 4. The summed E-state index contributed by atoms with van der Waals surface area (Å²) in [5.74, 6) is 0.989. The highest BCUT2D eigenvalue weighted by Crippen LogP contribution is 2.38. The van der Waals surface area contributed by atoms with E-state index in [1.165, 1.54) is 12.4 Å². The lowest BCUT2D eigenvalue weighted by atomic mass is 9.81. The Morgan fingerprint density at radius 3 is 2.51 bits per heavy atom. The highest BCUT2D eigenvalue weighted by Gasteiger charge is 2.31. The average Bonchev–Trinajstić information content (AvgIpc) is 3.46. The number of rotatable bonds is 5. The minimum atomic E-state index is -4.36. The third-order valence-electron chi connectivity index (χ3n) is 6.93. The maximum absolute atomic E-state index is 14.3. The molecule has 4 aromatic rings. The topological polar surface area (TPSA) is 61.7 Å². The zero-order valence-electron chi connectivity index (χ0n) is 19.9. The van der Waals surface area contributed by atoms with Gasteiger partial charge in [-0.05, 0) is 58.4 Å². The van der Waals surface area contributed by atoms with Crippen LogP contribution in [0.15, 0.2) is 35.4 Å². The van der Waals surface area contributed by atoms with Crippen LogP contribution in [0.1, 0.15) is 44.1 Å². The van der Waals surface area contributed by atoms with Crippen molar-refractivity contribution in [1.29, 1.82) is 0 Å². The van der Waals surface area contributed by atoms with Gasteiger partial charge in [0.1, 0.15) is 18.0 Å². The maximum Gasteiger partial charge on any atom is 0.408 e. The Hall–Kier alpha value is -3.17. The van der Waals surface area contributed by atoms with Crippen LogP contribution in [0.5, 0.6) is 0 Å². The second-order valence-electron chi connectivity index (χ2n) is 9.88. The fraction of sp³-hybridized carbons (Fsp3) is 0.480.